The van der Waals surface area contributed by atoms with Gasteiger partial charge in [0, 0.05) is 36.6 Å². The van der Waals surface area contributed by atoms with Gasteiger partial charge in [-0.2, -0.15) is 0 Å². The molecule has 0 bridgehead atoms. The SMILES string of the molecule is CCCS(=O)(=O)NC1CCN(C(=O)CCNC(=O)c2cc(F)ccc2Br)CC1. The van der Waals surface area contributed by atoms with Crippen LogP contribution in [0.1, 0.15) is 43.0 Å². The predicted molar refractivity (Wildman–Crippen MR) is 108 cm³/mol. The molecular formula is C18H25BrFN3O4S. The van der Waals surface area contributed by atoms with Crippen molar-refractivity contribution in [3.8, 4) is 0 Å². The molecule has 0 aromatic heterocycles. The summed E-state index contributed by atoms with van der Waals surface area (Å²) in [6.45, 7) is 2.90. The highest BCUT2D eigenvalue weighted by Gasteiger charge is 2.25. The van der Waals surface area contributed by atoms with Crippen LogP contribution in [0.15, 0.2) is 22.7 Å². The molecule has 1 aliphatic heterocycles. The summed E-state index contributed by atoms with van der Waals surface area (Å²) in [6.07, 6.45) is 1.82. The van der Waals surface area contributed by atoms with E-state index in [2.05, 4.69) is 26.0 Å². The molecule has 1 fully saturated rings. The second-order valence-corrected chi connectivity index (χ2v) is 9.45. The van der Waals surface area contributed by atoms with Gasteiger partial charge in [0.05, 0.1) is 11.3 Å². The zero-order valence-corrected chi connectivity index (χ0v) is 18.1. The molecule has 0 radical (unpaired) electrons. The third kappa shape index (κ3) is 6.82. The average Bonchev–Trinajstić information content (AvgIpc) is 2.63. The van der Waals surface area contributed by atoms with Gasteiger partial charge in [-0.25, -0.2) is 17.5 Å². The van der Waals surface area contributed by atoms with E-state index in [1.54, 1.807) is 4.90 Å². The molecule has 2 amide bonds. The lowest BCUT2D eigenvalue weighted by Gasteiger charge is -2.32. The van der Waals surface area contributed by atoms with Crippen molar-refractivity contribution in [1.29, 1.82) is 0 Å². The summed E-state index contributed by atoms with van der Waals surface area (Å²) in [7, 11) is -3.26. The number of hydrogen-bond donors (Lipinski definition) is 2. The molecule has 2 N–H and O–H groups in total. The maximum absolute atomic E-state index is 13.3. The third-order valence-electron chi connectivity index (χ3n) is 4.46. The van der Waals surface area contributed by atoms with E-state index in [4.69, 9.17) is 0 Å². The Hall–Kier alpha value is -1.52. The lowest BCUT2D eigenvalue weighted by Crippen LogP contribution is -2.47. The summed E-state index contributed by atoms with van der Waals surface area (Å²) in [5, 5.41) is 2.62. The molecular weight excluding hydrogens is 453 g/mol. The van der Waals surface area contributed by atoms with E-state index >= 15 is 0 Å². The van der Waals surface area contributed by atoms with Gasteiger partial charge in [0.1, 0.15) is 5.82 Å². The molecule has 1 aromatic carbocycles. The van der Waals surface area contributed by atoms with E-state index < -0.39 is 21.7 Å². The van der Waals surface area contributed by atoms with E-state index in [-0.39, 0.29) is 36.2 Å². The monoisotopic (exact) mass is 477 g/mol. The number of benzene rings is 1. The number of carbonyl (C=O) groups is 2. The number of likely N-dealkylation sites (tertiary alicyclic amines) is 1. The Kier molecular flexibility index (Phi) is 8.38. The van der Waals surface area contributed by atoms with Crippen molar-refractivity contribution in [2.45, 2.75) is 38.6 Å². The molecule has 7 nitrogen and oxygen atoms in total. The number of nitrogens with zero attached hydrogens (tertiary/aromatic N) is 1. The van der Waals surface area contributed by atoms with E-state index in [0.29, 0.717) is 36.8 Å². The number of carbonyl (C=O) groups excluding carboxylic acids is 2. The summed E-state index contributed by atoms with van der Waals surface area (Å²) in [6, 6.07) is 3.68. The highest BCUT2D eigenvalue weighted by atomic mass is 79.9. The van der Waals surface area contributed by atoms with E-state index in [0.717, 1.165) is 6.07 Å². The number of rotatable bonds is 8. The standard InChI is InChI=1S/C18H25BrFN3O4S/c1-2-11-28(26,27)22-14-6-9-23(10-7-14)17(24)5-8-21-18(25)15-12-13(20)3-4-16(15)19/h3-4,12,14,22H,2,5-11H2,1H3,(H,21,25). The van der Waals surface area contributed by atoms with Gasteiger partial charge in [-0.3, -0.25) is 9.59 Å². The van der Waals surface area contributed by atoms with Gasteiger partial charge in [0.15, 0.2) is 0 Å². The second kappa shape index (κ2) is 10.3. The van der Waals surface area contributed by atoms with Gasteiger partial charge in [0.2, 0.25) is 15.9 Å². The van der Waals surface area contributed by atoms with Crippen LogP contribution < -0.4 is 10.0 Å². The normalized spacial score (nSPS) is 15.5. The Morgan fingerprint density at radius 2 is 1.96 bits per heavy atom. The maximum atomic E-state index is 13.3. The maximum Gasteiger partial charge on any atom is 0.252 e. The zero-order valence-electron chi connectivity index (χ0n) is 15.7. The van der Waals surface area contributed by atoms with Gasteiger partial charge in [-0.05, 0) is 53.4 Å². The van der Waals surface area contributed by atoms with Gasteiger partial charge in [0.25, 0.3) is 5.91 Å². The summed E-state index contributed by atoms with van der Waals surface area (Å²) in [5.41, 5.74) is 0.174. The van der Waals surface area contributed by atoms with E-state index in [1.807, 2.05) is 6.92 Å². The summed E-state index contributed by atoms with van der Waals surface area (Å²) < 4.78 is 40.1. The van der Waals surface area contributed by atoms with Crippen LogP contribution >= 0.6 is 15.9 Å². The molecule has 28 heavy (non-hydrogen) atoms. The van der Waals surface area contributed by atoms with Crippen LogP contribution in [0.5, 0.6) is 0 Å². The van der Waals surface area contributed by atoms with Gasteiger partial charge in [-0.15, -0.1) is 0 Å². The lowest BCUT2D eigenvalue weighted by molar-refractivity contribution is -0.132. The van der Waals surface area contributed by atoms with Crippen molar-refractivity contribution < 1.29 is 22.4 Å². The summed E-state index contributed by atoms with van der Waals surface area (Å²) in [5.74, 6) is -0.966. The van der Waals surface area contributed by atoms with Crippen molar-refractivity contribution in [2.75, 3.05) is 25.4 Å². The van der Waals surface area contributed by atoms with Crippen LogP contribution in [-0.2, 0) is 14.8 Å². The molecule has 10 heteroatoms. The van der Waals surface area contributed by atoms with Crippen molar-refractivity contribution in [2.24, 2.45) is 0 Å². The summed E-state index contributed by atoms with van der Waals surface area (Å²) in [4.78, 5) is 26.1. The molecule has 2 rings (SSSR count). The highest BCUT2D eigenvalue weighted by molar-refractivity contribution is 9.10. The van der Waals surface area contributed by atoms with Gasteiger partial charge < -0.3 is 10.2 Å². The fraction of sp³-hybridized carbons (Fsp3) is 0.556. The smallest absolute Gasteiger partial charge is 0.252 e. The number of amides is 2. The molecule has 0 unspecified atom stereocenters. The molecule has 156 valence electrons. The Bertz CT molecular complexity index is 811. The number of sulfonamides is 1. The van der Waals surface area contributed by atoms with Crippen molar-refractivity contribution in [1.82, 2.24) is 14.9 Å². The first kappa shape index (κ1) is 22.8. The molecule has 0 saturated carbocycles. The zero-order chi connectivity index (χ0) is 20.7. The first-order valence-electron chi connectivity index (χ1n) is 9.23. The molecule has 1 aromatic rings. The molecule has 1 saturated heterocycles. The van der Waals surface area contributed by atoms with E-state index in [1.165, 1.54) is 12.1 Å². The molecule has 1 aliphatic rings. The number of nitrogens with one attached hydrogen (secondary N) is 2. The van der Waals surface area contributed by atoms with Crippen LogP contribution in [0, 0.1) is 5.82 Å². The Balaban J connectivity index is 1.74. The first-order chi connectivity index (χ1) is 13.2. The minimum atomic E-state index is -3.26. The predicted octanol–water partition coefficient (Wildman–Crippen LogP) is 2.03. The Morgan fingerprint density at radius 3 is 2.61 bits per heavy atom. The Labute approximate surface area is 173 Å². The third-order valence-corrected chi connectivity index (χ3v) is 6.79. The van der Waals surface area contributed by atoms with Crippen LogP contribution in [-0.4, -0.2) is 56.6 Å². The van der Waals surface area contributed by atoms with Crippen LogP contribution in [0.2, 0.25) is 0 Å². The van der Waals surface area contributed by atoms with Gasteiger partial charge in [-0.1, -0.05) is 6.92 Å². The number of hydrogen-bond acceptors (Lipinski definition) is 4. The van der Waals surface area contributed by atoms with Crippen molar-refractivity contribution in [3.05, 3.63) is 34.1 Å². The molecule has 0 atom stereocenters. The minimum absolute atomic E-state index is 0.103. The largest absolute Gasteiger partial charge is 0.351 e. The quantitative estimate of drug-likeness (QED) is 0.598. The number of halogens is 2. The van der Waals surface area contributed by atoms with Crippen LogP contribution in [0.4, 0.5) is 4.39 Å². The highest BCUT2D eigenvalue weighted by Crippen LogP contribution is 2.18. The van der Waals surface area contributed by atoms with Crippen molar-refractivity contribution in [3.63, 3.8) is 0 Å². The first-order valence-corrected chi connectivity index (χ1v) is 11.7. The fourth-order valence-corrected chi connectivity index (χ4v) is 4.86. The Morgan fingerprint density at radius 1 is 1.29 bits per heavy atom. The van der Waals surface area contributed by atoms with E-state index in [9.17, 15) is 22.4 Å². The molecule has 0 aliphatic carbocycles. The number of piperidine rings is 1. The minimum Gasteiger partial charge on any atom is -0.351 e. The van der Waals surface area contributed by atoms with Crippen LogP contribution in [0.3, 0.4) is 0 Å². The average molecular weight is 478 g/mol. The van der Waals surface area contributed by atoms with Gasteiger partial charge >= 0.3 is 0 Å². The van der Waals surface area contributed by atoms with Crippen LogP contribution in [0.25, 0.3) is 0 Å². The van der Waals surface area contributed by atoms with Crippen molar-refractivity contribution >= 4 is 37.8 Å². The fourth-order valence-electron chi connectivity index (χ4n) is 3.04. The molecule has 1 heterocycles. The molecule has 0 spiro atoms. The topological polar surface area (TPSA) is 95.6 Å². The lowest BCUT2D eigenvalue weighted by atomic mass is 10.1. The second-order valence-electron chi connectivity index (χ2n) is 6.72. The summed E-state index contributed by atoms with van der Waals surface area (Å²) >= 11 is 3.20.